The first-order chi connectivity index (χ1) is 6.81. The second-order valence-electron chi connectivity index (χ2n) is 4.66. The molecule has 14 heavy (non-hydrogen) atoms. The maximum Gasteiger partial charge on any atom is 0.220 e. The van der Waals surface area contributed by atoms with Crippen molar-refractivity contribution in [3.63, 3.8) is 0 Å². The highest BCUT2D eigenvalue weighted by atomic mass is 16.1. The first-order valence-electron chi connectivity index (χ1n) is 5.80. The van der Waals surface area contributed by atoms with Crippen LogP contribution in [-0.4, -0.2) is 18.5 Å². The standard InChI is InChI=1S/C11H20N2O/c12-7-1-2-10(14)13-11(8-3-4-8)9-5-6-9/h8-9,11H,1-7,12H2,(H,13,14). The summed E-state index contributed by atoms with van der Waals surface area (Å²) in [4.78, 5) is 11.5. The molecule has 0 unspecified atom stereocenters. The molecule has 0 bridgehead atoms. The molecule has 2 saturated carbocycles. The van der Waals surface area contributed by atoms with E-state index in [9.17, 15) is 4.79 Å². The predicted octanol–water partition coefficient (Wildman–Crippen LogP) is 1.03. The second-order valence-corrected chi connectivity index (χ2v) is 4.66. The first-order valence-corrected chi connectivity index (χ1v) is 5.80. The average molecular weight is 196 g/mol. The largest absolute Gasteiger partial charge is 0.353 e. The molecule has 2 fully saturated rings. The molecule has 0 aromatic rings. The van der Waals surface area contributed by atoms with Crippen LogP contribution in [0.25, 0.3) is 0 Å². The van der Waals surface area contributed by atoms with Crippen molar-refractivity contribution in [3.8, 4) is 0 Å². The molecule has 80 valence electrons. The van der Waals surface area contributed by atoms with Crippen LogP contribution in [0.4, 0.5) is 0 Å². The van der Waals surface area contributed by atoms with Gasteiger partial charge in [-0.25, -0.2) is 0 Å². The van der Waals surface area contributed by atoms with Gasteiger partial charge in [0.25, 0.3) is 0 Å². The Morgan fingerprint density at radius 2 is 1.86 bits per heavy atom. The zero-order valence-electron chi connectivity index (χ0n) is 8.67. The van der Waals surface area contributed by atoms with Gasteiger partial charge in [0.05, 0.1) is 0 Å². The first kappa shape index (κ1) is 9.97. The summed E-state index contributed by atoms with van der Waals surface area (Å²) in [5, 5.41) is 3.18. The van der Waals surface area contributed by atoms with Gasteiger partial charge in [-0.2, -0.15) is 0 Å². The zero-order chi connectivity index (χ0) is 9.97. The molecule has 0 aromatic heterocycles. The van der Waals surface area contributed by atoms with Gasteiger partial charge in [0.15, 0.2) is 0 Å². The van der Waals surface area contributed by atoms with Crippen molar-refractivity contribution in [2.45, 2.75) is 44.6 Å². The number of amides is 1. The molecule has 3 nitrogen and oxygen atoms in total. The number of carbonyl (C=O) groups is 1. The van der Waals surface area contributed by atoms with Gasteiger partial charge in [-0.15, -0.1) is 0 Å². The Kier molecular flexibility index (Phi) is 3.06. The van der Waals surface area contributed by atoms with Crippen molar-refractivity contribution >= 4 is 5.91 Å². The summed E-state index contributed by atoms with van der Waals surface area (Å²) in [5.41, 5.74) is 5.37. The zero-order valence-corrected chi connectivity index (χ0v) is 8.67. The maximum atomic E-state index is 11.5. The van der Waals surface area contributed by atoms with Crippen LogP contribution in [-0.2, 0) is 4.79 Å². The molecule has 3 heteroatoms. The summed E-state index contributed by atoms with van der Waals surface area (Å²) in [7, 11) is 0. The maximum absolute atomic E-state index is 11.5. The molecule has 0 saturated heterocycles. The molecule has 0 aromatic carbocycles. The minimum Gasteiger partial charge on any atom is -0.353 e. The summed E-state index contributed by atoms with van der Waals surface area (Å²) in [6.07, 6.45) is 6.69. The Morgan fingerprint density at radius 1 is 1.29 bits per heavy atom. The fraction of sp³-hybridized carbons (Fsp3) is 0.909. The summed E-state index contributed by atoms with van der Waals surface area (Å²) in [6, 6.07) is 0.500. The summed E-state index contributed by atoms with van der Waals surface area (Å²) >= 11 is 0. The van der Waals surface area contributed by atoms with Crippen LogP contribution in [0.5, 0.6) is 0 Å². The van der Waals surface area contributed by atoms with Crippen LogP contribution in [0.3, 0.4) is 0 Å². The third-order valence-electron chi connectivity index (χ3n) is 3.20. The van der Waals surface area contributed by atoms with Gasteiger partial charge < -0.3 is 11.1 Å². The molecule has 0 aliphatic heterocycles. The van der Waals surface area contributed by atoms with Crippen molar-refractivity contribution in [1.29, 1.82) is 0 Å². The monoisotopic (exact) mass is 196 g/mol. The molecule has 0 heterocycles. The molecule has 0 spiro atoms. The van der Waals surface area contributed by atoms with Gasteiger partial charge >= 0.3 is 0 Å². The van der Waals surface area contributed by atoms with E-state index in [-0.39, 0.29) is 5.91 Å². The molecule has 1 amide bonds. The lowest BCUT2D eigenvalue weighted by molar-refractivity contribution is -0.122. The summed E-state index contributed by atoms with van der Waals surface area (Å²) in [6.45, 7) is 0.616. The van der Waals surface area contributed by atoms with E-state index in [4.69, 9.17) is 5.73 Å². The molecular weight excluding hydrogens is 176 g/mol. The van der Waals surface area contributed by atoms with E-state index < -0.39 is 0 Å². The molecule has 0 radical (unpaired) electrons. The number of rotatable bonds is 6. The SMILES string of the molecule is NCCCC(=O)NC(C1CC1)C1CC1. The number of carbonyl (C=O) groups excluding carboxylic acids is 1. The quantitative estimate of drug-likeness (QED) is 0.666. The van der Waals surface area contributed by atoms with Crippen molar-refractivity contribution in [1.82, 2.24) is 5.32 Å². The van der Waals surface area contributed by atoms with E-state index in [1.54, 1.807) is 0 Å². The van der Waals surface area contributed by atoms with Gasteiger partial charge in [-0.3, -0.25) is 4.79 Å². The van der Waals surface area contributed by atoms with E-state index >= 15 is 0 Å². The van der Waals surface area contributed by atoms with Crippen LogP contribution >= 0.6 is 0 Å². The third kappa shape index (κ3) is 2.71. The van der Waals surface area contributed by atoms with Gasteiger partial charge in [0.2, 0.25) is 5.91 Å². The fourth-order valence-electron chi connectivity index (χ4n) is 2.05. The molecule has 0 atom stereocenters. The van der Waals surface area contributed by atoms with Crippen LogP contribution in [0.1, 0.15) is 38.5 Å². The Balaban J connectivity index is 1.72. The Morgan fingerprint density at radius 3 is 2.29 bits per heavy atom. The lowest BCUT2D eigenvalue weighted by Crippen LogP contribution is -2.38. The highest BCUT2D eigenvalue weighted by Crippen LogP contribution is 2.44. The minimum atomic E-state index is 0.208. The van der Waals surface area contributed by atoms with Crippen molar-refractivity contribution in [2.75, 3.05) is 6.54 Å². The second kappa shape index (κ2) is 4.30. The van der Waals surface area contributed by atoms with Crippen LogP contribution in [0.15, 0.2) is 0 Å². The van der Waals surface area contributed by atoms with Crippen molar-refractivity contribution in [2.24, 2.45) is 17.6 Å². The highest BCUT2D eigenvalue weighted by Gasteiger charge is 2.41. The number of nitrogens with one attached hydrogen (secondary N) is 1. The van der Waals surface area contributed by atoms with E-state index in [0.29, 0.717) is 19.0 Å². The summed E-state index contributed by atoms with van der Waals surface area (Å²) < 4.78 is 0. The fourth-order valence-corrected chi connectivity index (χ4v) is 2.05. The van der Waals surface area contributed by atoms with Crippen LogP contribution in [0, 0.1) is 11.8 Å². The van der Waals surface area contributed by atoms with E-state index in [1.807, 2.05) is 0 Å². The molecule has 2 aliphatic rings. The lowest BCUT2D eigenvalue weighted by atomic mass is 10.1. The Bertz CT molecular complexity index is 197. The summed E-state index contributed by atoms with van der Waals surface area (Å²) in [5.74, 6) is 1.80. The van der Waals surface area contributed by atoms with E-state index in [0.717, 1.165) is 18.3 Å². The molecule has 2 aliphatic carbocycles. The van der Waals surface area contributed by atoms with Gasteiger partial charge in [0.1, 0.15) is 0 Å². The van der Waals surface area contributed by atoms with Crippen LogP contribution < -0.4 is 11.1 Å². The third-order valence-corrected chi connectivity index (χ3v) is 3.20. The van der Waals surface area contributed by atoms with E-state index in [2.05, 4.69) is 5.32 Å². The topological polar surface area (TPSA) is 55.1 Å². The number of hydrogen-bond donors (Lipinski definition) is 2. The normalized spacial score (nSPS) is 21.3. The van der Waals surface area contributed by atoms with Gasteiger partial charge in [-0.1, -0.05) is 0 Å². The van der Waals surface area contributed by atoms with Gasteiger partial charge in [0, 0.05) is 12.5 Å². The van der Waals surface area contributed by atoms with Gasteiger partial charge in [-0.05, 0) is 50.5 Å². The van der Waals surface area contributed by atoms with E-state index in [1.165, 1.54) is 25.7 Å². The van der Waals surface area contributed by atoms with Crippen molar-refractivity contribution in [3.05, 3.63) is 0 Å². The number of hydrogen-bond acceptors (Lipinski definition) is 2. The smallest absolute Gasteiger partial charge is 0.220 e. The minimum absolute atomic E-state index is 0.208. The lowest BCUT2D eigenvalue weighted by Gasteiger charge is -2.17. The Labute approximate surface area is 85.4 Å². The van der Waals surface area contributed by atoms with Crippen LogP contribution in [0.2, 0.25) is 0 Å². The average Bonchev–Trinajstić information content (AvgIpc) is 3.04. The molecule has 2 rings (SSSR count). The van der Waals surface area contributed by atoms with Crippen molar-refractivity contribution < 1.29 is 4.79 Å². The highest BCUT2D eigenvalue weighted by molar-refractivity contribution is 5.76. The predicted molar refractivity (Wildman–Crippen MR) is 55.7 cm³/mol. The Hall–Kier alpha value is -0.570. The molecular formula is C11H20N2O. The number of nitrogens with two attached hydrogens (primary N) is 1. The molecule has 3 N–H and O–H groups in total.